The van der Waals surface area contributed by atoms with Gasteiger partial charge >= 0.3 is 0 Å². The molecule has 1 atom stereocenters. The molecule has 0 radical (unpaired) electrons. The second-order valence-electron chi connectivity index (χ2n) is 8.83. The molecule has 3 aromatic carbocycles. The van der Waals surface area contributed by atoms with Crippen molar-refractivity contribution in [3.05, 3.63) is 94.0 Å². The van der Waals surface area contributed by atoms with Crippen molar-refractivity contribution >= 4 is 43.5 Å². The van der Waals surface area contributed by atoms with E-state index in [9.17, 15) is 18.0 Å². The van der Waals surface area contributed by atoms with Crippen molar-refractivity contribution in [3.8, 4) is 0 Å². The number of carbonyl (C=O) groups excluding carboxylic acids is 2. The Morgan fingerprint density at radius 1 is 0.946 bits per heavy atom. The molecular formula is C28H32BrN3O4S. The molecule has 196 valence electrons. The summed E-state index contributed by atoms with van der Waals surface area (Å²) in [6.07, 6.45) is 0. The number of hydrogen-bond acceptors (Lipinski definition) is 4. The van der Waals surface area contributed by atoms with Crippen LogP contribution in [0.2, 0.25) is 0 Å². The molecule has 3 rings (SSSR count). The summed E-state index contributed by atoms with van der Waals surface area (Å²) in [6, 6.07) is 20.2. The smallest absolute Gasteiger partial charge is 0.264 e. The van der Waals surface area contributed by atoms with Gasteiger partial charge in [0.2, 0.25) is 11.8 Å². The lowest BCUT2D eigenvalue weighted by molar-refractivity contribution is -0.139. The van der Waals surface area contributed by atoms with Crippen molar-refractivity contribution in [2.75, 3.05) is 17.4 Å². The first-order chi connectivity index (χ1) is 17.5. The molecule has 2 amide bonds. The molecule has 37 heavy (non-hydrogen) atoms. The standard InChI is InChI=1S/C28H32BrN3O4S/c1-5-30-28(34)22(4)31(18-23-12-14-24(29)15-13-23)27(33)19-32(26-9-7-6-8-21(26)3)37(35,36)25-16-10-20(2)11-17-25/h6-17,22H,5,18-19H2,1-4H3,(H,30,34)/t22-/m0/s1. The molecule has 0 bridgehead atoms. The molecule has 0 saturated carbocycles. The molecule has 0 aliphatic rings. The summed E-state index contributed by atoms with van der Waals surface area (Å²) in [6.45, 7) is 7.24. The van der Waals surface area contributed by atoms with E-state index in [1.807, 2.05) is 37.3 Å². The van der Waals surface area contributed by atoms with E-state index in [4.69, 9.17) is 0 Å². The minimum absolute atomic E-state index is 0.0883. The summed E-state index contributed by atoms with van der Waals surface area (Å²) < 4.78 is 29.7. The Labute approximate surface area is 227 Å². The molecule has 0 unspecified atom stereocenters. The summed E-state index contributed by atoms with van der Waals surface area (Å²) in [5.41, 5.74) is 2.86. The predicted molar refractivity (Wildman–Crippen MR) is 150 cm³/mol. The van der Waals surface area contributed by atoms with E-state index in [-0.39, 0.29) is 17.3 Å². The highest BCUT2D eigenvalue weighted by atomic mass is 79.9. The van der Waals surface area contributed by atoms with Gasteiger partial charge in [-0.25, -0.2) is 8.42 Å². The Balaban J connectivity index is 2.03. The number of sulfonamides is 1. The van der Waals surface area contributed by atoms with Crippen LogP contribution >= 0.6 is 15.9 Å². The van der Waals surface area contributed by atoms with E-state index in [0.717, 1.165) is 19.9 Å². The van der Waals surface area contributed by atoms with Crippen molar-refractivity contribution in [2.24, 2.45) is 0 Å². The van der Waals surface area contributed by atoms with Crippen LogP contribution in [0, 0.1) is 13.8 Å². The number of hydrogen-bond donors (Lipinski definition) is 1. The third kappa shape index (κ3) is 6.99. The highest BCUT2D eigenvalue weighted by Gasteiger charge is 2.32. The lowest BCUT2D eigenvalue weighted by atomic mass is 10.1. The van der Waals surface area contributed by atoms with E-state index < -0.39 is 28.5 Å². The molecule has 1 N–H and O–H groups in total. The Kier molecular flexibility index (Phi) is 9.50. The normalized spacial score (nSPS) is 12.0. The second kappa shape index (κ2) is 12.4. The number of carbonyl (C=O) groups is 2. The third-order valence-electron chi connectivity index (χ3n) is 6.06. The van der Waals surface area contributed by atoms with E-state index in [1.54, 1.807) is 51.1 Å². The summed E-state index contributed by atoms with van der Waals surface area (Å²) in [5, 5.41) is 2.76. The molecule has 0 spiro atoms. The number of aryl methyl sites for hydroxylation is 2. The quantitative estimate of drug-likeness (QED) is 0.370. The number of likely N-dealkylation sites (N-methyl/N-ethyl adjacent to an activating group) is 1. The van der Waals surface area contributed by atoms with Gasteiger partial charge in [0.15, 0.2) is 0 Å². The summed E-state index contributed by atoms with van der Waals surface area (Å²) >= 11 is 3.41. The number of nitrogens with zero attached hydrogens (tertiary/aromatic N) is 2. The van der Waals surface area contributed by atoms with Gasteiger partial charge in [-0.3, -0.25) is 13.9 Å². The number of halogens is 1. The fraction of sp³-hybridized carbons (Fsp3) is 0.286. The van der Waals surface area contributed by atoms with Crippen LogP contribution in [-0.4, -0.2) is 44.3 Å². The lowest BCUT2D eigenvalue weighted by Crippen LogP contribution is -2.51. The minimum atomic E-state index is -4.08. The van der Waals surface area contributed by atoms with Crippen LogP contribution in [0.3, 0.4) is 0 Å². The lowest BCUT2D eigenvalue weighted by Gasteiger charge is -2.32. The van der Waals surface area contributed by atoms with E-state index in [1.165, 1.54) is 17.0 Å². The molecule has 0 heterocycles. The fourth-order valence-electron chi connectivity index (χ4n) is 3.89. The van der Waals surface area contributed by atoms with Gasteiger partial charge in [0.05, 0.1) is 10.6 Å². The highest BCUT2D eigenvalue weighted by Crippen LogP contribution is 2.27. The number of benzene rings is 3. The number of para-hydroxylation sites is 1. The maximum Gasteiger partial charge on any atom is 0.264 e. The van der Waals surface area contributed by atoms with Gasteiger partial charge in [-0.2, -0.15) is 0 Å². The molecule has 3 aromatic rings. The SMILES string of the molecule is CCNC(=O)[C@H](C)N(Cc1ccc(Br)cc1)C(=O)CN(c1ccccc1C)S(=O)(=O)c1ccc(C)cc1. The molecule has 9 heteroatoms. The van der Waals surface area contributed by atoms with Gasteiger partial charge in [0, 0.05) is 17.6 Å². The molecule has 0 saturated heterocycles. The Morgan fingerprint density at radius 3 is 2.16 bits per heavy atom. The molecular weight excluding hydrogens is 554 g/mol. The number of amides is 2. The zero-order valence-corrected chi connectivity index (χ0v) is 23.8. The van der Waals surface area contributed by atoms with Crippen molar-refractivity contribution in [2.45, 2.75) is 45.2 Å². The van der Waals surface area contributed by atoms with Crippen molar-refractivity contribution in [1.82, 2.24) is 10.2 Å². The molecule has 0 aromatic heterocycles. The van der Waals surface area contributed by atoms with Crippen LogP contribution in [0.15, 0.2) is 82.2 Å². The molecule has 0 aliphatic carbocycles. The Morgan fingerprint density at radius 2 is 1.57 bits per heavy atom. The van der Waals surface area contributed by atoms with E-state index in [2.05, 4.69) is 21.2 Å². The first-order valence-electron chi connectivity index (χ1n) is 12.0. The second-order valence-corrected chi connectivity index (χ2v) is 11.6. The third-order valence-corrected chi connectivity index (χ3v) is 8.36. The first-order valence-corrected chi connectivity index (χ1v) is 14.2. The van der Waals surface area contributed by atoms with Gasteiger partial charge < -0.3 is 10.2 Å². The van der Waals surface area contributed by atoms with E-state index >= 15 is 0 Å². The first kappa shape index (κ1) is 28.4. The zero-order chi connectivity index (χ0) is 27.2. The average molecular weight is 587 g/mol. The summed E-state index contributed by atoms with van der Waals surface area (Å²) in [5.74, 6) is -0.794. The number of rotatable bonds is 10. The monoisotopic (exact) mass is 585 g/mol. The maximum absolute atomic E-state index is 13.8. The van der Waals surface area contributed by atoms with Gasteiger partial charge in [0.25, 0.3) is 10.0 Å². The Hall–Kier alpha value is -3.17. The molecule has 7 nitrogen and oxygen atoms in total. The molecule has 0 fully saturated rings. The van der Waals surface area contributed by atoms with Gasteiger partial charge in [-0.05, 0) is 69.2 Å². The largest absolute Gasteiger partial charge is 0.355 e. The summed E-state index contributed by atoms with van der Waals surface area (Å²) in [4.78, 5) is 28.1. The van der Waals surface area contributed by atoms with Crippen LogP contribution < -0.4 is 9.62 Å². The fourth-order valence-corrected chi connectivity index (χ4v) is 5.63. The van der Waals surface area contributed by atoms with Gasteiger partial charge in [0.1, 0.15) is 12.6 Å². The average Bonchev–Trinajstić information content (AvgIpc) is 2.87. The van der Waals surface area contributed by atoms with Gasteiger partial charge in [-0.1, -0.05) is 64.0 Å². The number of nitrogens with one attached hydrogen (secondary N) is 1. The van der Waals surface area contributed by atoms with Crippen LogP contribution in [0.25, 0.3) is 0 Å². The van der Waals surface area contributed by atoms with Crippen LogP contribution in [0.5, 0.6) is 0 Å². The van der Waals surface area contributed by atoms with Crippen molar-refractivity contribution in [3.63, 3.8) is 0 Å². The highest BCUT2D eigenvalue weighted by molar-refractivity contribution is 9.10. The predicted octanol–water partition coefficient (Wildman–Crippen LogP) is 4.81. The topological polar surface area (TPSA) is 86.8 Å². The van der Waals surface area contributed by atoms with E-state index in [0.29, 0.717) is 17.8 Å². The van der Waals surface area contributed by atoms with Crippen LogP contribution in [0.1, 0.15) is 30.5 Å². The minimum Gasteiger partial charge on any atom is -0.355 e. The van der Waals surface area contributed by atoms with Crippen LogP contribution in [0.4, 0.5) is 5.69 Å². The maximum atomic E-state index is 13.8. The van der Waals surface area contributed by atoms with Crippen LogP contribution in [-0.2, 0) is 26.2 Å². The van der Waals surface area contributed by atoms with Crippen molar-refractivity contribution < 1.29 is 18.0 Å². The van der Waals surface area contributed by atoms with Crippen molar-refractivity contribution in [1.29, 1.82) is 0 Å². The zero-order valence-electron chi connectivity index (χ0n) is 21.4. The van der Waals surface area contributed by atoms with Gasteiger partial charge in [-0.15, -0.1) is 0 Å². The number of anilines is 1. The Bertz CT molecular complexity index is 1340. The molecule has 0 aliphatic heterocycles. The summed E-state index contributed by atoms with van der Waals surface area (Å²) in [7, 11) is -4.08.